The fourth-order valence-corrected chi connectivity index (χ4v) is 4.89. The standard InChI is InChI=1S/C21H21N5O/c27-21-16-12-22-26(13-6-2-1-3-7-13)19(16)24-20-18-15(10-11-25(20)21)14-8-4-5-9-17(14)23-18/h4-5,8-9,12-13,23H,1-3,6-7,10-11H2. The first kappa shape index (κ1) is 15.2. The van der Waals surface area contributed by atoms with Crippen LogP contribution in [-0.4, -0.2) is 24.3 Å². The molecule has 4 heterocycles. The summed E-state index contributed by atoms with van der Waals surface area (Å²) in [4.78, 5) is 21.6. The second kappa shape index (κ2) is 5.55. The second-order valence-corrected chi connectivity index (χ2v) is 7.78. The number of aromatic amines is 1. The largest absolute Gasteiger partial charge is 0.352 e. The van der Waals surface area contributed by atoms with E-state index in [1.165, 1.54) is 30.2 Å². The Morgan fingerprint density at radius 3 is 2.81 bits per heavy atom. The maximum Gasteiger partial charge on any atom is 0.264 e. The van der Waals surface area contributed by atoms with E-state index in [2.05, 4.69) is 28.3 Å². The minimum atomic E-state index is 0.0290. The lowest BCUT2D eigenvalue weighted by atomic mass is 9.96. The Labute approximate surface area is 155 Å². The summed E-state index contributed by atoms with van der Waals surface area (Å²) in [6, 6.07) is 8.68. The van der Waals surface area contributed by atoms with E-state index in [0.29, 0.717) is 18.0 Å². The van der Waals surface area contributed by atoms with E-state index in [0.717, 1.165) is 41.9 Å². The van der Waals surface area contributed by atoms with Crippen LogP contribution in [0.5, 0.6) is 0 Å². The van der Waals surface area contributed by atoms with Gasteiger partial charge in [-0.3, -0.25) is 9.36 Å². The third-order valence-electron chi connectivity index (χ3n) is 6.26. The number of hydrogen-bond acceptors (Lipinski definition) is 3. The number of nitrogens with one attached hydrogen (secondary N) is 1. The zero-order valence-electron chi connectivity index (χ0n) is 15.1. The van der Waals surface area contributed by atoms with Gasteiger partial charge < -0.3 is 4.98 Å². The average Bonchev–Trinajstić information content (AvgIpc) is 3.30. The van der Waals surface area contributed by atoms with Crippen LogP contribution in [0.3, 0.4) is 0 Å². The lowest BCUT2D eigenvalue weighted by molar-refractivity contribution is 0.335. The Morgan fingerprint density at radius 2 is 1.93 bits per heavy atom. The van der Waals surface area contributed by atoms with Crippen LogP contribution in [0.15, 0.2) is 35.3 Å². The zero-order chi connectivity index (χ0) is 18.0. The van der Waals surface area contributed by atoms with Gasteiger partial charge in [-0.1, -0.05) is 37.5 Å². The zero-order valence-corrected chi connectivity index (χ0v) is 15.1. The third-order valence-corrected chi connectivity index (χ3v) is 6.26. The predicted octanol–water partition coefficient (Wildman–Crippen LogP) is 3.80. The lowest BCUT2D eigenvalue weighted by Crippen LogP contribution is -2.27. The molecule has 6 nitrogen and oxygen atoms in total. The molecule has 4 aromatic rings. The van der Waals surface area contributed by atoms with Crippen molar-refractivity contribution < 1.29 is 0 Å². The van der Waals surface area contributed by atoms with Crippen LogP contribution in [0.25, 0.3) is 33.5 Å². The van der Waals surface area contributed by atoms with Crippen LogP contribution >= 0.6 is 0 Å². The molecule has 3 aromatic heterocycles. The highest BCUT2D eigenvalue weighted by Crippen LogP contribution is 2.34. The number of benzene rings is 1. The molecule has 1 N–H and O–H groups in total. The normalized spacial score (nSPS) is 17.3. The van der Waals surface area contributed by atoms with E-state index in [4.69, 9.17) is 4.98 Å². The van der Waals surface area contributed by atoms with Crippen molar-refractivity contribution in [2.75, 3.05) is 0 Å². The van der Waals surface area contributed by atoms with Crippen LogP contribution in [0.1, 0.15) is 43.7 Å². The number of rotatable bonds is 1. The van der Waals surface area contributed by atoms with Gasteiger partial charge in [-0.05, 0) is 30.9 Å². The molecular weight excluding hydrogens is 338 g/mol. The number of nitrogens with zero attached hydrogens (tertiary/aromatic N) is 4. The third kappa shape index (κ3) is 2.10. The number of para-hydroxylation sites is 1. The summed E-state index contributed by atoms with van der Waals surface area (Å²) in [5, 5.41) is 6.45. The number of aryl methyl sites for hydroxylation is 1. The predicted molar refractivity (Wildman–Crippen MR) is 105 cm³/mol. The summed E-state index contributed by atoms with van der Waals surface area (Å²) < 4.78 is 3.82. The highest BCUT2D eigenvalue weighted by atomic mass is 16.1. The van der Waals surface area contributed by atoms with Crippen molar-refractivity contribution in [1.82, 2.24) is 24.3 Å². The van der Waals surface area contributed by atoms with Gasteiger partial charge in [0.1, 0.15) is 5.39 Å². The molecule has 0 spiro atoms. The van der Waals surface area contributed by atoms with Crippen LogP contribution in [0.4, 0.5) is 0 Å². The van der Waals surface area contributed by atoms with Crippen molar-refractivity contribution in [3.8, 4) is 11.5 Å². The van der Waals surface area contributed by atoms with Gasteiger partial charge in [0.2, 0.25) is 0 Å². The molecule has 27 heavy (non-hydrogen) atoms. The minimum absolute atomic E-state index is 0.0290. The molecule has 136 valence electrons. The summed E-state index contributed by atoms with van der Waals surface area (Å²) in [6.07, 6.45) is 8.54. The quantitative estimate of drug-likeness (QED) is 0.562. The maximum absolute atomic E-state index is 13.1. The number of H-pyrrole nitrogens is 1. The van der Waals surface area contributed by atoms with Gasteiger partial charge in [0.05, 0.1) is 17.9 Å². The van der Waals surface area contributed by atoms with Crippen molar-refractivity contribution in [1.29, 1.82) is 0 Å². The fraction of sp³-hybridized carbons (Fsp3) is 0.381. The fourth-order valence-electron chi connectivity index (χ4n) is 4.89. The molecule has 0 radical (unpaired) electrons. The van der Waals surface area contributed by atoms with Crippen molar-refractivity contribution in [3.05, 3.63) is 46.4 Å². The van der Waals surface area contributed by atoms with E-state index >= 15 is 0 Å². The lowest BCUT2D eigenvalue weighted by Gasteiger charge is -2.23. The second-order valence-electron chi connectivity index (χ2n) is 7.78. The molecule has 0 saturated heterocycles. The molecule has 1 aliphatic heterocycles. The molecule has 0 unspecified atom stereocenters. The molecule has 6 rings (SSSR count). The van der Waals surface area contributed by atoms with E-state index in [9.17, 15) is 4.79 Å². The van der Waals surface area contributed by atoms with Crippen LogP contribution in [0.2, 0.25) is 0 Å². The summed E-state index contributed by atoms with van der Waals surface area (Å²) >= 11 is 0. The molecule has 0 atom stereocenters. The van der Waals surface area contributed by atoms with Gasteiger partial charge in [-0.25, -0.2) is 9.67 Å². The summed E-state index contributed by atoms with van der Waals surface area (Å²) in [5.41, 5.74) is 4.12. The number of aromatic nitrogens is 5. The monoisotopic (exact) mass is 359 g/mol. The van der Waals surface area contributed by atoms with E-state index in [1.807, 2.05) is 15.3 Å². The molecule has 1 fully saturated rings. The van der Waals surface area contributed by atoms with Gasteiger partial charge in [0.15, 0.2) is 11.5 Å². The van der Waals surface area contributed by atoms with Crippen molar-refractivity contribution >= 4 is 21.9 Å². The summed E-state index contributed by atoms with van der Waals surface area (Å²) in [7, 11) is 0. The smallest absolute Gasteiger partial charge is 0.264 e. The van der Waals surface area contributed by atoms with Gasteiger partial charge in [-0.15, -0.1) is 0 Å². The Hall–Kier alpha value is -2.89. The van der Waals surface area contributed by atoms with Gasteiger partial charge in [-0.2, -0.15) is 5.10 Å². The molecule has 1 aliphatic carbocycles. The van der Waals surface area contributed by atoms with Crippen LogP contribution < -0.4 is 5.56 Å². The molecule has 1 aromatic carbocycles. The van der Waals surface area contributed by atoms with Crippen LogP contribution in [-0.2, 0) is 13.0 Å². The molecular formula is C21H21N5O. The van der Waals surface area contributed by atoms with E-state index in [-0.39, 0.29) is 5.56 Å². The summed E-state index contributed by atoms with van der Waals surface area (Å²) in [6.45, 7) is 0.667. The first-order valence-corrected chi connectivity index (χ1v) is 9.89. The van der Waals surface area contributed by atoms with Gasteiger partial charge in [0.25, 0.3) is 5.56 Å². The Bertz CT molecular complexity index is 1240. The maximum atomic E-state index is 13.1. The SMILES string of the molecule is O=c1c2cnn(C3CCCCC3)c2nc2n1CCc1c-2[nH]c2ccccc12. The average molecular weight is 359 g/mol. The Kier molecular flexibility index (Phi) is 3.12. The highest BCUT2D eigenvalue weighted by Gasteiger charge is 2.26. The van der Waals surface area contributed by atoms with Gasteiger partial charge >= 0.3 is 0 Å². The number of fused-ring (bicyclic) bond motifs is 6. The Morgan fingerprint density at radius 1 is 1.07 bits per heavy atom. The molecule has 0 amide bonds. The minimum Gasteiger partial charge on any atom is -0.352 e. The highest BCUT2D eigenvalue weighted by molar-refractivity contribution is 5.91. The van der Waals surface area contributed by atoms with Gasteiger partial charge in [0, 0.05) is 17.4 Å². The van der Waals surface area contributed by atoms with E-state index in [1.54, 1.807) is 6.20 Å². The molecule has 1 saturated carbocycles. The Balaban J connectivity index is 1.61. The first-order chi connectivity index (χ1) is 13.3. The van der Waals surface area contributed by atoms with Crippen molar-refractivity contribution in [2.24, 2.45) is 0 Å². The molecule has 0 bridgehead atoms. The molecule has 2 aliphatic rings. The van der Waals surface area contributed by atoms with E-state index < -0.39 is 0 Å². The molecule has 6 heteroatoms. The van der Waals surface area contributed by atoms with Crippen LogP contribution in [0, 0.1) is 0 Å². The first-order valence-electron chi connectivity index (χ1n) is 9.89. The topological polar surface area (TPSA) is 68.5 Å². The van der Waals surface area contributed by atoms with Crippen molar-refractivity contribution in [3.63, 3.8) is 0 Å². The van der Waals surface area contributed by atoms with Crippen molar-refractivity contribution in [2.45, 2.75) is 51.1 Å². The summed E-state index contributed by atoms with van der Waals surface area (Å²) in [5.74, 6) is 0.752. The number of hydrogen-bond donors (Lipinski definition) is 1.